The number of amides is 2. The number of aliphatic hydroxyl groups excluding tert-OH is 1. The van der Waals surface area contributed by atoms with Crippen molar-refractivity contribution >= 4 is 63.5 Å². The lowest BCUT2D eigenvalue weighted by molar-refractivity contribution is -0.148. The number of carbonyl (C=O) groups is 3. The molecule has 192 valence electrons. The molecule has 2 amide bonds. The number of aliphatic carboxylic acids is 1. The fourth-order valence-corrected chi connectivity index (χ4v) is 5.38. The highest BCUT2D eigenvalue weighted by atomic mass is 32.2. The summed E-state index contributed by atoms with van der Waals surface area (Å²) in [4.78, 5) is 37.6. The maximum atomic E-state index is 13.6. The van der Waals surface area contributed by atoms with E-state index in [1.165, 1.54) is 35.3 Å². The Bertz CT molecular complexity index is 1240. The van der Waals surface area contributed by atoms with E-state index in [2.05, 4.69) is 5.32 Å². The van der Waals surface area contributed by atoms with E-state index in [4.69, 9.17) is 17.3 Å². The lowest BCUT2D eigenvalue weighted by atomic mass is 10.0. The van der Waals surface area contributed by atoms with E-state index in [0.29, 0.717) is 10.4 Å². The smallest absolute Gasteiger partial charge is 0.419 e. The highest BCUT2D eigenvalue weighted by molar-refractivity contribution is 8.26. The van der Waals surface area contributed by atoms with Gasteiger partial charge in [0.05, 0.1) is 16.5 Å². The van der Waals surface area contributed by atoms with E-state index >= 15 is 0 Å². The first-order valence-corrected chi connectivity index (χ1v) is 12.3. The van der Waals surface area contributed by atoms with Crippen LogP contribution in [0, 0.1) is 5.82 Å². The Kier molecular flexibility index (Phi) is 8.54. The molecule has 1 aromatic carbocycles. The molecule has 1 saturated heterocycles. The minimum atomic E-state index is -4.84. The summed E-state index contributed by atoms with van der Waals surface area (Å²) in [6.07, 6.45) is -5.28. The van der Waals surface area contributed by atoms with Gasteiger partial charge in [0, 0.05) is 17.8 Å². The van der Waals surface area contributed by atoms with Gasteiger partial charge >= 0.3 is 12.1 Å². The van der Waals surface area contributed by atoms with Crippen molar-refractivity contribution in [3.05, 3.63) is 50.8 Å². The summed E-state index contributed by atoms with van der Waals surface area (Å²) in [5, 5.41) is 22.1. The number of hydrogen-bond donors (Lipinski definition) is 3. The Labute approximate surface area is 215 Å². The molecule has 0 spiro atoms. The number of carboxylic acids is 1. The molecule has 36 heavy (non-hydrogen) atoms. The van der Waals surface area contributed by atoms with E-state index in [0.717, 1.165) is 23.9 Å². The van der Waals surface area contributed by atoms with E-state index in [-0.39, 0.29) is 27.8 Å². The lowest BCUT2D eigenvalue weighted by Crippen LogP contribution is -2.45. The molecule has 7 nitrogen and oxygen atoms in total. The lowest BCUT2D eigenvalue weighted by Gasteiger charge is -2.18. The molecule has 2 aromatic rings. The van der Waals surface area contributed by atoms with Crippen LogP contribution in [0.3, 0.4) is 0 Å². The third kappa shape index (κ3) is 6.49. The van der Waals surface area contributed by atoms with Gasteiger partial charge in [0.2, 0.25) is 5.91 Å². The number of hydrogen-bond acceptors (Lipinski definition) is 7. The summed E-state index contributed by atoms with van der Waals surface area (Å²) in [6.45, 7) is 1.25. The van der Waals surface area contributed by atoms with Crippen LogP contribution in [-0.4, -0.2) is 55.9 Å². The van der Waals surface area contributed by atoms with Crippen molar-refractivity contribution in [1.29, 1.82) is 0 Å². The summed E-state index contributed by atoms with van der Waals surface area (Å²) >= 11 is 7.37. The molecule has 0 bridgehead atoms. The molecule has 0 saturated carbocycles. The van der Waals surface area contributed by atoms with Crippen LogP contribution in [0.15, 0.2) is 34.6 Å². The van der Waals surface area contributed by atoms with Gasteiger partial charge in [0.15, 0.2) is 6.10 Å². The number of alkyl halides is 3. The van der Waals surface area contributed by atoms with Gasteiger partial charge in [0.25, 0.3) is 5.91 Å². The molecule has 0 aliphatic carbocycles. The van der Waals surface area contributed by atoms with Gasteiger partial charge in [-0.2, -0.15) is 13.2 Å². The third-order valence-corrected chi connectivity index (χ3v) is 7.31. The number of halogens is 4. The number of nitrogens with zero attached hydrogens (tertiary/aromatic N) is 1. The Morgan fingerprint density at radius 1 is 1.25 bits per heavy atom. The van der Waals surface area contributed by atoms with Crippen molar-refractivity contribution in [3.63, 3.8) is 0 Å². The monoisotopic (exact) mass is 562 g/mol. The van der Waals surface area contributed by atoms with Crippen LogP contribution in [0.2, 0.25) is 0 Å². The molecule has 1 aliphatic heterocycles. The number of benzene rings is 1. The van der Waals surface area contributed by atoms with E-state index in [1.807, 2.05) is 0 Å². The molecule has 1 fully saturated rings. The van der Waals surface area contributed by atoms with Gasteiger partial charge in [-0.15, -0.1) is 11.3 Å². The van der Waals surface area contributed by atoms with E-state index in [1.54, 1.807) is 11.4 Å². The number of carboxylic acid groups (broad SMARTS) is 1. The normalized spacial score (nSPS) is 16.9. The van der Waals surface area contributed by atoms with Gasteiger partial charge in [0.1, 0.15) is 10.1 Å². The Balaban J connectivity index is 1.67. The first-order chi connectivity index (χ1) is 16.8. The number of thiophene rings is 1. The molecule has 2 heterocycles. The predicted molar refractivity (Wildman–Crippen MR) is 130 cm³/mol. The average molecular weight is 563 g/mol. The summed E-state index contributed by atoms with van der Waals surface area (Å²) in [5.41, 5.74) is -0.786. The molecular formula is C22H18F4N2O5S3. The van der Waals surface area contributed by atoms with Crippen LogP contribution in [-0.2, 0) is 20.6 Å². The van der Waals surface area contributed by atoms with Crippen LogP contribution < -0.4 is 5.32 Å². The van der Waals surface area contributed by atoms with Crippen LogP contribution in [0.1, 0.15) is 23.8 Å². The summed E-state index contributed by atoms with van der Waals surface area (Å²) in [5.74, 6) is -3.90. The zero-order valence-corrected chi connectivity index (χ0v) is 20.8. The van der Waals surface area contributed by atoms with E-state index < -0.39 is 47.5 Å². The standard InChI is InChI=1S/C22H18F4N2O5S3/c1-10(18(30)20(32)33)27-17(29)4-5-28-19(31)16(36-21(28)34)8-13-6-12(9-35-13)11-2-3-15(23)14(7-11)22(24,25)26/h2-3,6-10,18,30H,4-5H2,1H3,(H,27,29)(H,32,33)/t10-,18-/m0/s1. The van der Waals surface area contributed by atoms with Gasteiger partial charge in [-0.1, -0.05) is 30.0 Å². The molecule has 3 N–H and O–H groups in total. The van der Waals surface area contributed by atoms with Crippen molar-refractivity contribution < 1.29 is 42.2 Å². The maximum absolute atomic E-state index is 13.6. The van der Waals surface area contributed by atoms with Crippen molar-refractivity contribution in [1.82, 2.24) is 10.2 Å². The first kappa shape index (κ1) is 27.8. The number of rotatable bonds is 8. The molecule has 1 aliphatic rings. The number of aliphatic hydroxyl groups is 1. The highest BCUT2D eigenvalue weighted by Gasteiger charge is 2.35. The zero-order chi connectivity index (χ0) is 26.8. The Morgan fingerprint density at radius 2 is 1.94 bits per heavy atom. The first-order valence-electron chi connectivity index (χ1n) is 10.2. The largest absolute Gasteiger partial charge is 0.479 e. The van der Waals surface area contributed by atoms with Crippen molar-refractivity contribution in [2.24, 2.45) is 0 Å². The fraction of sp³-hybridized carbons (Fsp3) is 0.273. The Hall–Kier alpha value is -2.81. The SMILES string of the molecule is C[C@H](NC(=O)CCN1C(=O)C(=Cc2cc(-c3ccc(F)c(C(F)(F)F)c3)cs2)SC1=S)[C@H](O)C(=O)O. The van der Waals surface area contributed by atoms with Crippen LogP contribution in [0.4, 0.5) is 17.6 Å². The molecular weight excluding hydrogens is 544 g/mol. The molecule has 14 heteroatoms. The summed E-state index contributed by atoms with van der Waals surface area (Å²) in [6, 6.07) is 3.23. The van der Waals surface area contributed by atoms with Gasteiger partial charge in [-0.3, -0.25) is 14.5 Å². The second-order valence-corrected chi connectivity index (χ2v) is 10.3. The quantitative estimate of drug-likeness (QED) is 0.253. The van der Waals surface area contributed by atoms with Gasteiger partial charge in [-0.25, -0.2) is 9.18 Å². The molecule has 2 atom stereocenters. The third-order valence-electron chi connectivity index (χ3n) is 5.05. The number of thioether (sulfide) groups is 1. The average Bonchev–Trinajstić information content (AvgIpc) is 3.35. The van der Waals surface area contributed by atoms with Gasteiger partial charge < -0.3 is 15.5 Å². The van der Waals surface area contributed by atoms with E-state index in [9.17, 15) is 37.1 Å². The maximum Gasteiger partial charge on any atom is 0.419 e. The Morgan fingerprint density at radius 3 is 2.58 bits per heavy atom. The predicted octanol–water partition coefficient (Wildman–Crippen LogP) is 4.11. The van der Waals surface area contributed by atoms with Gasteiger partial charge in [-0.05, 0) is 47.7 Å². The number of thiocarbonyl (C=S) groups is 1. The highest BCUT2D eigenvalue weighted by Crippen LogP contribution is 2.37. The van der Waals surface area contributed by atoms with Crippen LogP contribution in [0.5, 0.6) is 0 Å². The van der Waals surface area contributed by atoms with Crippen LogP contribution in [0.25, 0.3) is 17.2 Å². The molecule has 0 radical (unpaired) electrons. The zero-order valence-electron chi connectivity index (χ0n) is 18.3. The van der Waals surface area contributed by atoms with Crippen molar-refractivity contribution in [2.45, 2.75) is 31.7 Å². The second kappa shape index (κ2) is 11.1. The molecule has 3 rings (SSSR count). The molecule has 1 aromatic heterocycles. The van der Waals surface area contributed by atoms with Crippen LogP contribution >= 0.6 is 35.3 Å². The second-order valence-electron chi connectivity index (χ2n) is 7.65. The van der Waals surface area contributed by atoms with Crippen molar-refractivity contribution in [2.75, 3.05) is 6.54 Å². The minimum Gasteiger partial charge on any atom is -0.479 e. The summed E-state index contributed by atoms with van der Waals surface area (Å²) in [7, 11) is 0. The number of carbonyl (C=O) groups excluding carboxylic acids is 2. The minimum absolute atomic E-state index is 0.0742. The topological polar surface area (TPSA) is 107 Å². The molecule has 0 unspecified atom stereocenters. The summed E-state index contributed by atoms with van der Waals surface area (Å²) < 4.78 is 52.8. The van der Waals surface area contributed by atoms with Crippen molar-refractivity contribution in [3.8, 4) is 11.1 Å². The fourth-order valence-electron chi connectivity index (χ4n) is 3.16. The number of nitrogens with one attached hydrogen (secondary N) is 1.